The second-order valence-electron chi connectivity index (χ2n) is 8.20. The zero-order valence-corrected chi connectivity index (χ0v) is 19.3. The van der Waals surface area contributed by atoms with E-state index in [-0.39, 0.29) is 29.6 Å². The minimum Gasteiger partial charge on any atom is -0.479 e. The summed E-state index contributed by atoms with van der Waals surface area (Å²) in [7, 11) is -2.36. The number of hydrogen-bond donors (Lipinski definition) is 2. The number of nitrogens with one attached hydrogen (secondary N) is 1. The Morgan fingerprint density at radius 1 is 1.25 bits per heavy atom. The van der Waals surface area contributed by atoms with E-state index in [0.717, 1.165) is 62.3 Å². The zero-order valence-electron chi connectivity index (χ0n) is 18.5. The minimum atomic E-state index is -3.85. The lowest BCUT2D eigenvalue weighted by atomic mass is 9.80. The molecule has 2 N–H and O–H groups in total. The first-order valence-electron chi connectivity index (χ1n) is 10.9. The lowest BCUT2D eigenvalue weighted by Crippen LogP contribution is -2.30. The molecule has 1 aliphatic carbocycles. The zero-order chi connectivity index (χ0) is 22.7. The van der Waals surface area contributed by atoms with Crippen LogP contribution in [0.2, 0.25) is 0 Å². The molecule has 0 bridgehead atoms. The van der Waals surface area contributed by atoms with Gasteiger partial charge in [-0.05, 0) is 49.6 Å². The molecule has 0 radical (unpaired) electrons. The molecule has 0 spiro atoms. The van der Waals surface area contributed by atoms with Crippen molar-refractivity contribution in [3.8, 4) is 5.88 Å². The van der Waals surface area contributed by atoms with Gasteiger partial charge in [0.1, 0.15) is 17.4 Å². The Bertz CT molecular complexity index is 1040. The van der Waals surface area contributed by atoms with E-state index in [1.165, 1.54) is 13.3 Å². The van der Waals surface area contributed by atoms with Crippen molar-refractivity contribution in [2.45, 2.75) is 49.5 Å². The number of fused-ring (bicyclic) bond motifs is 1. The monoisotopic (exact) mass is 462 g/mol. The van der Waals surface area contributed by atoms with Gasteiger partial charge in [-0.25, -0.2) is 13.4 Å². The predicted octanol–water partition coefficient (Wildman–Crippen LogP) is 1.92. The van der Waals surface area contributed by atoms with Gasteiger partial charge in [0.15, 0.2) is 0 Å². The third-order valence-corrected chi connectivity index (χ3v) is 7.65. The predicted molar refractivity (Wildman–Crippen MR) is 119 cm³/mol. The lowest BCUT2D eigenvalue weighted by molar-refractivity contribution is -0.0868. The normalized spacial score (nSPS) is 21.3. The molecular formula is C22H30N4O5S. The number of pyridine rings is 2. The highest BCUT2D eigenvalue weighted by atomic mass is 32.2. The molecule has 10 heteroatoms. The van der Waals surface area contributed by atoms with Crippen LogP contribution in [-0.2, 0) is 27.6 Å². The summed E-state index contributed by atoms with van der Waals surface area (Å²) >= 11 is 0. The second-order valence-corrected chi connectivity index (χ2v) is 9.88. The van der Waals surface area contributed by atoms with Crippen molar-refractivity contribution >= 4 is 15.7 Å². The summed E-state index contributed by atoms with van der Waals surface area (Å²) in [4.78, 5) is 11.4. The molecule has 0 unspecified atom stereocenters. The third kappa shape index (κ3) is 4.88. The summed E-state index contributed by atoms with van der Waals surface area (Å²) < 4.78 is 39.2. The number of likely N-dealkylation sites (N-methyl/N-ethyl adjacent to an activating group) is 1. The Kier molecular flexibility index (Phi) is 6.94. The smallest absolute Gasteiger partial charge is 0.263 e. The fraction of sp³-hybridized carbons (Fsp3) is 0.545. The van der Waals surface area contributed by atoms with Crippen LogP contribution in [0, 0.1) is 0 Å². The standard InChI is InChI=1S/C22H30N4O5S/c1-3-26-8-6-15-12-21(22(30-2)24-20(15)7-9-26)25-32(28,29)18-4-5-19(23-13-18)16-10-17(11-16)31-14-27/h4-5,12-13,16-17,25,27H,3,6-11,14H2,1-2H3. The van der Waals surface area contributed by atoms with Gasteiger partial charge >= 0.3 is 0 Å². The Balaban J connectivity index is 1.50. The van der Waals surface area contributed by atoms with Gasteiger partial charge in [-0.3, -0.25) is 9.71 Å². The van der Waals surface area contributed by atoms with E-state index in [4.69, 9.17) is 14.6 Å². The van der Waals surface area contributed by atoms with Crippen LogP contribution >= 0.6 is 0 Å². The van der Waals surface area contributed by atoms with Crippen molar-refractivity contribution < 1.29 is 23.0 Å². The molecule has 0 saturated heterocycles. The number of ether oxygens (including phenoxy) is 2. The van der Waals surface area contributed by atoms with E-state index < -0.39 is 10.0 Å². The fourth-order valence-corrected chi connectivity index (χ4v) is 5.24. The average molecular weight is 463 g/mol. The number of methoxy groups -OCH3 is 1. The maximum absolute atomic E-state index is 13.0. The van der Waals surface area contributed by atoms with Gasteiger partial charge in [0.05, 0.1) is 13.2 Å². The van der Waals surface area contributed by atoms with Crippen LogP contribution in [0.5, 0.6) is 5.88 Å². The second kappa shape index (κ2) is 9.70. The third-order valence-electron chi connectivity index (χ3n) is 6.30. The van der Waals surface area contributed by atoms with E-state index >= 15 is 0 Å². The highest BCUT2D eigenvalue weighted by Crippen LogP contribution is 2.38. The maximum Gasteiger partial charge on any atom is 0.263 e. The maximum atomic E-state index is 13.0. The Labute approximate surface area is 188 Å². The van der Waals surface area contributed by atoms with E-state index in [9.17, 15) is 8.42 Å². The van der Waals surface area contributed by atoms with E-state index in [2.05, 4.69) is 26.5 Å². The van der Waals surface area contributed by atoms with Gasteiger partial charge in [-0.1, -0.05) is 6.92 Å². The number of aliphatic hydroxyl groups excluding tert-OH is 1. The molecule has 0 amide bonds. The largest absolute Gasteiger partial charge is 0.479 e. The first kappa shape index (κ1) is 22.9. The van der Waals surface area contributed by atoms with Crippen LogP contribution in [-0.4, -0.2) is 68.0 Å². The SMILES string of the molecule is CCN1CCc2cc(NS(=O)(=O)c3ccc(C4CC(OCO)C4)nc3)c(OC)nc2CC1. The fourth-order valence-electron chi connectivity index (χ4n) is 4.25. The molecule has 3 heterocycles. The number of anilines is 1. The molecule has 32 heavy (non-hydrogen) atoms. The summed E-state index contributed by atoms with van der Waals surface area (Å²) in [6, 6.07) is 5.14. The molecule has 1 aliphatic heterocycles. The lowest BCUT2D eigenvalue weighted by Gasteiger charge is -2.34. The molecule has 1 saturated carbocycles. The van der Waals surface area contributed by atoms with Crippen LogP contribution in [0.3, 0.4) is 0 Å². The van der Waals surface area contributed by atoms with Crippen LogP contribution < -0.4 is 9.46 Å². The highest BCUT2D eigenvalue weighted by molar-refractivity contribution is 7.92. The van der Waals surface area contributed by atoms with E-state index in [1.807, 2.05) is 6.07 Å². The van der Waals surface area contributed by atoms with Crippen LogP contribution in [0.4, 0.5) is 5.69 Å². The van der Waals surface area contributed by atoms with Crippen LogP contribution in [0.1, 0.15) is 42.6 Å². The molecule has 174 valence electrons. The number of hydrogen-bond acceptors (Lipinski definition) is 8. The van der Waals surface area contributed by atoms with Crippen molar-refractivity contribution in [2.24, 2.45) is 0 Å². The quantitative estimate of drug-likeness (QED) is 0.572. The molecular weight excluding hydrogens is 432 g/mol. The molecule has 2 aromatic heterocycles. The molecule has 0 atom stereocenters. The topological polar surface area (TPSA) is 114 Å². The Hall–Kier alpha value is -2.27. The van der Waals surface area contributed by atoms with E-state index in [0.29, 0.717) is 5.69 Å². The van der Waals surface area contributed by atoms with Gasteiger partial charge in [-0.2, -0.15) is 0 Å². The number of rotatable bonds is 8. The number of aromatic nitrogens is 2. The first-order chi connectivity index (χ1) is 15.4. The average Bonchev–Trinajstić information content (AvgIpc) is 2.97. The van der Waals surface area contributed by atoms with Crippen LogP contribution in [0.15, 0.2) is 29.3 Å². The Morgan fingerprint density at radius 2 is 2.03 bits per heavy atom. The Morgan fingerprint density at radius 3 is 2.69 bits per heavy atom. The summed E-state index contributed by atoms with van der Waals surface area (Å²) in [5.74, 6) is 0.485. The summed E-state index contributed by atoms with van der Waals surface area (Å²) in [6.07, 6.45) is 4.57. The first-order valence-corrected chi connectivity index (χ1v) is 12.4. The van der Waals surface area contributed by atoms with Gasteiger partial charge in [0.25, 0.3) is 10.0 Å². The van der Waals surface area contributed by atoms with Gasteiger partial charge in [-0.15, -0.1) is 0 Å². The summed E-state index contributed by atoms with van der Waals surface area (Å²) in [5, 5.41) is 8.82. The summed E-state index contributed by atoms with van der Waals surface area (Å²) in [6.45, 7) is 4.67. The van der Waals surface area contributed by atoms with Crippen molar-refractivity contribution in [3.05, 3.63) is 41.3 Å². The van der Waals surface area contributed by atoms with Gasteiger partial charge < -0.3 is 19.5 Å². The van der Waals surface area contributed by atoms with Crippen molar-refractivity contribution in [2.75, 3.05) is 38.3 Å². The van der Waals surface area contributed by atoms with Crippen molar-refractivity contribution in [1.82, 2.24) is 14.9 Å². The molecule has 4 rings (SSSR count). The van der Waals surface area contributed by atoms with Gasteiger partial charge in [0, 0.05) is 43.0 Å². The molecule has 2 aliphatic rings. The van der Waals surface area contributed by atoms with Crippen molar-refractivity contribution in [1.29, 1.82) is 0 Å². The molecule has 9 nitrogen and oxygen atoms in total. The number of nitrogens with zero attached hydrogens (tertiary/aromatic N) is 3. The molecule has 2 aromatic rings. The van der Waals surface area contributed by atoms with Gasteiger partial charge in [0.2, 0.25) is 5.88 Å². The number of aliphatic hydroxyl groups is 1. The van der Waals surface area contributed by atoms with Crippen LogP contribution in [0.25, 0.3) is 0 Å². The molecule has 1 fully saturated rings. The minimum absolute atomic E-state index is 0.0365. The van der Waals surface area contributed by atoms with Crippen molar-refractivity contribution in [3.63, 3.8) is 0 Å². The van der Waals surface area contributed by atoms with E-state index in [1.54, 1.807) is 12.1 Å². The number of sulfonamides is 1. The summed E-state index contributed by atoms with van der Waals surface area (Å²) in [5.41, 5.74) is 3.16. The highest BCUT2D eigenvalue weighted by Gasteiger charge is 2.32. The molecule has 0 aromatic carbocycles.